The van der Waals surface area contributed by atoms with Crippen LogP contribution in [0.2, 0.25) is 0 Å². The van der Waals surface area contributed by atoms with Crippen LogP contribution in [0.25, 0.3) is 0 Å². The number of amides is 2. The highest BCUT2D eigenvalue weighted by Gasteiger charge is 2.29. The molecule has 2 saturated heterocycles. The van der Waals surface area contributed by atoms with Crippen LogP contribution in [0.1, 0.15) is 95.5 Å². The van der Waals surface area contributed by atoms with Crippen LogP contribution in [0.3, 0.4) is 0 Å². The molecule has 0 radical (unpaired) electrons. The highest BCUT2D eigenvalue weighted by atomic mass is 16.2. The first kappa shape index (κ1) is 30.8. The Morgan fingerprint density at radius 3 is 2.30 bits per heavy atom. The molecule has 0 spiro atoms. The number of likely N-dealkylation sites (tertiary alicyclic amines) is 1. The molecule has 2 amide bonds. The molecule has 0 bridgehead atoms. The molecule has 0 aromatic heterocycles. The zero-order valence-corrected chi connectivity index (χ0v) is 26.5. The summed E-state index contributed by atoms with van der Waals surface area (Å²) in [6.45, 7) is 5.68. The molecular formula is C37H51N5O2. The van der Waals surface area contributed by atoms with E-state index in [2.05, 4.69) is 45.4 Å². The van der Waals surface area contributed by atoms with Crippen molar-refractivity contribution in [1.82, 2.24) is 4.90 Å². The quantitative estimate of drug-likeness (QED) is 0.298. The lowest BCUT2D eigenvalue weighted by Gasteiger charge is -2.41. The van der Waals surface area contributed by atoms with Crippen molar-refractivity contribution in [1.29, 1.82) is 0 Å². The van der Waals surface area contributed by atoms with Crippen molar-refractivity contribution >= 4 is 34.6 Å². The third kappa shape index (κ3) is 7.71. The number of piperidine rings is 2. The van der Waals surface area contributed by atoms with Gasteiger partial charge in [-0.15, -0.1) is 0 Å². The van der Waals surface area contributed by atoms with E-state index in [9.17, 15) is 9.59 Å². The van der Waals surface area contributed by atoms with Crippen molar-refractivity contribution in [2.75, 3.05) is 54.4 Å². The summed E-state index contributed by atoms with van der Waals surface area (Å²) in [5.41, 5.74) is 5.39. The van der Waals surface area contributed by atoms with E-state index >= 15 is 0 Å². The van der Waals surface area contributed by atoms with Gasteiger partial charge in [-0.25, -0.2) is 0 Å². The van der Waals surface area contributed by atoms with Crippen LogP contribution in [0.15, 0.2) is 53.5 Å². The van der Waals surface area contributed by atoms with Gasteiger partial charge in [0, 0.05) is 60.7 Å². The summed E-state index contributed by atoms with van der Waals surface area (Å²) < 4.78 is 0. The fraction of sp³-hybridized carbons (Fsp3) is 0.595. The molecule has 1 N–H and O–H groups in total. The number of hydrogen-bond acceptors (Lipinski definition) is 5. The number of carbonyl (C=O) groups excluding carboxylic acids is 2. The van der Waals surface area contributed by atoms with Gasteiger partial charge in [-0.05, 0) is 94.8 Å². The van der Waals surface area contributed by atoms with Gasteiger partial charge < -0.3 is 20.0 Å². The summed E-state index contributed by atoms with van der Waals surface area (Å²) in [6, 6.07) is 17.4. The minimum atomic E-state index is 0.0572. The van der Waals surface area contributed by atoms with Crippen LogP contribution < -0.4 is 15.1 Å². The third-order valence-electron chi connectivity index (χ3n) is 10.3. The topological polar surface area (TPSA) is 68.2 Å². The first-order valence-electron chi connectivity index (χ1n) is 17.5. The molecule has 4 aliphatic rings. The highest BCUT2D eigenvalue weighted by molar-refractivity contribution is 6.12. The number of carbonyl (C=O) groups is 2. The van der Waals surface area contributed by atoms with Crippen molar-refractivity contribution in [3.63, 3.8) is 0 Å². The number of aliphatic imine (C=N–C) groups is 1. The number of benzodiazepines with no additional fused rings is 1. The smallest absolute Gasteiger partial charge is 0.248 e. The van der Waals surface area contributed by atoms with E-state index in [4.69, 9.17) is 4.99 Å². The molecule has 236 valence electrons. The Labute approximate surface area is 264 Å². The van der Waals surface area contributed by atoms with Gasteiger partial charge in [0.1, 0.15) is 6.54 Å². The van der Waals surface area contributed by atoms with Crippen molar-refractivity contribution in [3.8, 4) is 0 Å². The average Bonchev–Trinajstić information content (AvgIpc) is 3.22. The van der Waals surface area contributed by atoms with E-state index in [1.54, 1.807) is 0 Å². The monoisotopic (exact) mass is 597 g/mol. The maximum atomic E-state index is 13.1. The van der Waals surface area contributed by atoms with Crippen molar-refractivity contribution in [2.24, 2.45) is 10.9 Å². The Morgan fingerprint density at radius 2 is 1.52 bits per heavy atom. The summed E-state index contributed by atoms with van der Waals surface area (Å²) >= 11 is 0. The van der Waals surface area contributed by atoms with E-state index in [-0.39, 0.29) is 18.4 Å². The Balaban J connectivity index is 0.924. The van der Waals surface area contributed by atoms with Crippen LogP contribution in [0, 0.1) is 5.92 Å². The Morgan fingerprint density at radius 1 is 0.795 bits per heavy atom. The second-order valence-electron chi connectivity index (χ2n) is 13.3. The number of nitrogens with zero attached hydrogens (tertiary/aromatic N) is 4. The average molecular weight is 598 g/mol. The third-order valence-corrected chi connectivity index (χ3v) is 10.3. The second kappa shape index (κ2) is 15.2. The van der Waals surface area contributed by atoms with E-state index in [1.807, 2.05) is 23.1 Å². The summed E-state index contributed by atoms with van der Waals surface area (Å²) in [7, 11) is 0. The van der Waals surface area contributed by atoms with Crippen molar-refractivity contribution in [2.45, 2.75) is 95.9 Å². The van der Waals surface area contributed by atoms with Crippen LogP contribution in [-0.4, -0.2) is 67.7 Å². The molecule has 1 saturated carbocycles. The molecule has 0 unspecified atom stereocenters. The second-order valence-corrected chi connectivity index (χ2v) is 13.3. The minimum Gasteiger partial charge on any atom is -0.371 e. The number of unbranched alkanes of at least 4 members (excludes halogenated alkanes) is 2. The largest absolute Gasteiger partial charge is 0.371 e. The predicted molar refractivity (Wildman–Crippen MR) is 181 cm³/mol. The first-order chi connectivity index (χ1) is 21.7. The van der Waals surface area contributed by atoms with E-state index in [0.29, 0.717) is 18.9 Å². The normalized spacial score (nSPS) is 20.6. The Bertz CT molecular complexity index is 1270. The molecule has 3 heterocycles. The zero-order valence-electron chi connectivity index (χ0n) is 26.5. The molecule has 6 rings (SSSR count). The van der Waals surface area contributed by atoms with Gasteiger partial charge in [0.15, 0.2) is 0 Å². The number of rotatable bonds is 10. The van der Waals surface area contributed by atoms with Gasteiger partial charge in [-0.3, -0.25) is 14.6 Å². The standard InChI is InChI=1S/C37H51N5O2/c43-35(39-30-17-19-31(20-18-30)41-26-21-32(22-27-41)40-23-9-3-10-24-40)16-6-2-11-25-42-34-15-8-7-14-33(34)37(38-28-36(42)44)29-12-4-1-5-13-29/h7-8,14-15,17-20,29,32H,1-6,9-13,16,21-28H2,(H,39,43). The van der Waals surface area contributed by atoms with Crippen LogP contribution in [0.4, 0.5) is 17.1 Å². The summed E-state index contributed by atoms with van der Waals surface area (Å²) in [5, 5.41) is 3.08. The molecule has 3 fully saturated rings. The van der Waals surface area contributed by atoms with E-state index in [0.717, 1.165) is 61.0 Å². The molecule has 7 heteroatoms. The fourth-order valence-corrected chi connectivity index (χ4v) is 7.84. The predicted octanol–water partition coefficient (Wildman–Crippen LogP) is 7.06. The number of anilines is 3. The van der Waals surface area contributed by atoms with Crippen molar-refractivity contribution < 1.29 is 9.59 Å². The summed E-state index contributed by atoms with van der Waals surface area (Å²) in [4.78, 5) is 37.8. The fourth-order valence-electron chi connectivity index (χ4n) is 7.84. The number of nitrogens with one attached hydrogen (secondary N) is 1. The lowest BCUT2D eigenvalue weighted by atomic mass is 9.83. The molecule has 1 aliphatic carbocycles. The Kier molecular flexibility index (Phi) is 10.6. The lowest BCUT2D eigenvalue weighted by molar-refractivity contribution is -0.117. The van der Waals surface area contributed by atoms with Crippen LogP contribution >= 0.6 is 0 Å². The number of benzene rings is 2. The number of hydrogen-bond donors (Lipinski definition) is 1. The van der Waals surface area contributed by atoms with Gasteiger partial charge in [0.25, 0.3) is 0 Å². The summed E-state index contributed by atoms with van der Waals surface area (Å²) in [5.74, 6) is 0.604. The SMILES string of the molecule is O=C(CCCCCN1C(=O)CN=C(C2CCCCC2)c2ccccc21)Nc1ccc(N2CCC(N3CCCCC3)CC2)cc1. The molecule has 2 aromatic rings. The van der Waals surface area contributed by atoms with Gasteiger partial charge >= 0.3 is 0 Å². The zero-order chi connectivity index (χ0) is 30.1. The van der Waals surface area contributed by atoms with E-state index in [1.165, 1.54) is 83.0 Å². The molecule has 0 atom stereocenters. The molecule has 2 aromatic carbocycles. The minimum absolute atomic E-state index is 0.0572. The Hall–Kier alpha value is -3.19. The summed E-state index contributed by atoms with van der Waals surface area (Å²) in [6.07, 6.45) is 15.8. The first-order valence-corrected chi connectivity index (χ1v) is 17.5. The maximum Gasteiger partial charge on any atom is 0.248 e. The van der Waals surface area contributed by atoms with E-state index < -0.39 is 0 Å². The molecule has 3 aliphatic heterocycles. The molecular weight excluding hydrogens is 546 g/mol. The van der Waals surface area contributed by atoms with Crippen molar-refractivity contribution in [3.05, 3.63) is 54.1 Å². The lowest BCUT2D eigenvalue weighted by Crippen LogP contribution is -2.46. The maximum absolute atomic E-state index is 13.1. The number of para-hydroxylation sites is 1. The van der Waals surface area contributed by atoms with Gasteiger partial charge in [-0.1, -0.05) is 50.3 Å². The van der Waals surface area contributed by atoms with Gasteiger partial charge in [0.05, 0.1) is 5.69 Å². The van der Waals surface area contributed by atoms with Crippen LogP contribution in [0.5, 0.6) is 0 Å². The molecule has 44 heavy (non-hydrogen) atoms. The highest BCUT2D eigenvalue weighted by Crippen LogP contribution is 2.33. The van der Waals surface area contributed by atoms with Crippen LogP contribution in [-0.2, 0) is 9.59 Å². The van der Waals surface area contributed by atoms with Gasteiger partial charge in [-0.2, -0.15) is 0 Å². The number of fused-ring (bicyclic) bond motifs is 1. The molecule has 7 nitrogen and oxygen atoms in total. The van der Waals surface area contributed by atoms with Gasteiger partial charge in [0.2, 0.25) is 11.8 Å².